The number of phenols is 1. The number of aromatic hydroxyl groups is 1. The van der Waals surface area contributed by atoms with E-state index in [0.717, 1.165) is 28.4 Å². The van der Waals surface area contributed by atoms with Crippen LogP contribution in [-0.2, 0) is 10.0 Å². The van der Waals surface area contributed by atoms with Gasteiger partial charge in [0.15, 0.2) is 0 Å². The number of hydrogen-bond acceptors (Lipinski definition) is 3. The molecule has 1 N–H and O–H groups in total. The number of phenolic OH excluding ortho intramolecular Hbond substituents is 1. The maximum atomic E-state index is 12.6. The zero-order valence-electron chi connectivity index (χ0n) is 11.9. The van der Waals surface area contributed by atoms with Crippen molar-refractivity contribution in [2.45, 2.75) is 17.7 Å². The zero-order chi connectivity index (χ0) is 15.7. The lowest BCUT2D eigenvalue weighted by Gasteiger charge is -2.16. The summed E-state index contributed by atoms with van der Waals surface area (Å²) in [5.74, 6) is 0.136. The first-order chi connectivity index (χ1) is 10.5. The van der Waals surface area contributed by atoms with E-state index < -0.39 is 10.0 Å². The molecule has 3 rings (SSSR count). The highest BCUT2D eigenvalue weighted by Gasteiger charge is 2.27. The second kappa shape index (κ2) is 6.02. The van der Waals surface area contributed by atoms with Gasteiger partial charge in [0.1, 0.15) is 5.75 Å². The summed E-state index contributed by atoms with van der Waals surface area (Å²) in [6.45, 7) is 1.18. The van der Waals surface area contributed by atoms with Gasteiger partial charge in [0, 0.05) is 17.6 Å². The molecule has 1 fully saturated rings. The van der Waals surface area contributed by atoms with E-state index in [1.807, 2.05) is 12.1 Å². The average molecular weight is 382 g/mol. The van der Waals surface area contributed by atoms with Crippen molar-refractivity contribution in [3.63, 3.8) is 0 Å². The summed E-state index contributed by atoms with van der Waals surface area (Å²) in [4.78, 5) is 0.298. The number of halogens is 1. The molecule has 0 aromatic heterocycles. The van der Waals surface area contributed by atoms with Gasteiger partial charge in [-0.05, 0) is 54.3 Å². The Balaban J connectivity index is 2.02. The number of sulfonamides is 1. The van der Waals surface area contributed by atoms with Gasteiger partial charge in [-0.1, -0.05) is 28.1 Å². The SMILES string of the molecule is O=S(=O)(c1cccc(-c2cc(O)cc(Br)c2)c1)N1CCCC1. The topological polar surface area (TPSA) is 57.6 Å². The molecular formula is C16H16BrNO3S. The summed E-state index contributed by atoms with van der Waals surface area (Å²) in [5, 5.41) is 9.70. The van der Waals surface area contributed by atoms with E-state index in [1.54, 1.807) is 30.3 Å². The van der Waals surface area contributed by atoms with Crippen LogP contribution in [0, 0.1) is 0 Å². The molecule has 0 saturated carbocycles. The molecule has 116 valence electrons. The third-order valence-electron chi connectivity index (χ3n) is 3.75. The molecule has 22 heavy (non-hydrogen) atoms. The van der Waals surface area contributed by atoms with Crippen LogP contribution >= 0.6 is 15.9 Å². The Hall–Kier alpha value is -1.37. The minimum Gasteiger partial charge on any atom is -0.508 e. The van der Waals surface area contributed by atoms with Crippen LogP contribution in [-0.4, -0.2) is 30.9 Å². The number of rotatable bonds is 3. The largest absolute Gasteiger partial charge is 0.508 e. The summed E-state index contributed by atoms with van der Waals surface area (Å²) >= 11 is 3.34. The van der Waals surface area contributed by atoms with E-state index in [1.165, 1.54) is 4.31 Å². The monoisotopic (exact) mass is 381 g/mol. The van der Waals surface area contributed by atoms with Crippen molar-refractivity contribution < 1.29 is 13.5 Å². The van der Waals surface area contributed by atoms with Crippen molar-refractivity contribution >= 4 is 26.0 Å². The molecule has 1 aliphatic rings. The van der Waals surface area contributed by atoms with Crippen LogP contribution < -0.4 is 0 Å². The first-order valence-corrected chi connectivity index (χ1v) is 9.30. The molecular weight excluding hydrogens is 366 g/mol. The summed E-state index contributed by atoms with van der Waals surface area (Å²) in [7, 11) is -3.43. The Labute approximate surface area is 138 Å². The maximum absolute atomic E-state index is 12.6. The van der Waals surface area contributed by atoms with Gasteiger partial charge in [0.2, 0.25) is 10.0 Å². The molecule has 1 saturated heterocycles. The third kappa shape index (κ3) is 3.04. The van der Waals surface area contributed by atoms with E-state index in [-0.39, 0.29) is 5.75 Å². The second-order valence-corrected chi connectivity index (χ2v) is 8.19. The number of nitrogens with zero attached hydrogens (tertiary/aromatic N) is 1. The van der Waals surface area contributed by atoms with Crippen molar-refractivity contribution in [1.29, 1.82) is 0 Å². The van der Waals surface area contributed by atoms with Gasteiger partial charge in [-0.15, -0.1) is 0 Å². The van der Waals surface area contributed by atoms with Gasteiger partial charge >= 0.3 is 0 Å². The molecule has 0 atom stereocenters. The van der Waals surface area contributed by atoms with E-state index in [4.69, 9.17) is 0 Å². The van der Waals surface area contributed by atoms with Gasteiger partial charge in [-0.2, -0.15) is 4.31 Å². The fourth-order valence-corrected chi connectivity index (χ4v) is 4.70. The maximum Gasteiger partial charge on any atom is 0.243 e. The second-order valence-electron chi connectivity index (χ2n) is 5.34. The van der Waals surface area contributed by atoms with E-state index in [9.17, 15) is 13.5 Å². The van der Waals surface area contributed by atoms with Crippen molar-refractivity contribution in [2.24, 2.45) is 0 Å². The Morgan fingerprint density at radius 3 is 2.41 bits per heavy atom. The van der Waals surface area contributed by atoms with Crippen LogP contribution in [0.25, 0.3) is 11.1 Å². The molecule has 0 radical (unpaired) electrons. The lowest BCUT2D eigenvalue weighted by Crippen LogP contribution is -2.27. The molecule has 2 aromatic carbocycles. The van der Waals surface area contributed by atoms with Gasteiger partial charge < -0.3 is 5.11 Å². The minimum atomic E-state index is -3.43. The highest BCUT2D eigenvalue weighted by molar-refractivity contribution is 9.10. The van der Waals surface area contributed by atoms with Crippen LogP contribution in [0.4, 0.5) is 0 Å². The van der Waals surface area contributed by atoms with Crippen molar-refractivity contribution in [1.82, 2.24) is 4.31 Å². The Bertz CT molecular complexity index is 779. The minimum absolute atomic E-state index is 0.136. The van der Waals surface area contributed by atoms with Crippen LogP contribution in [0.3, 0.4) is 0 Å². The summed E-state index contributed by atoms with van der Waals surface area (Å²) < 4.78 is 27.5. The predicted molar refractivity (Wildman–Crippen MR) is 89.2 cm³/mol. The smallest absolute Gasteiger partial charge is 0.243 e. The Morgan fingerprint density at radius 1 is 1.00 bits per heavy atom. The van der Waals surface area contributed by atoms with Crippen LogP contribution in [0.1, 0.15) is 12.8 Å². The van der Waals surface area contributed by atoms with Gasteiger partial charge in [0.05, 0.1) is 4.90 Å². The standard InChI is InChI=1S/C16H16BrNO3S/c17-14-8-13(9-15(19)11-14)12-4-3-5-16(10-12)22(20,21)18-6-1-2-7-18/h3-5,8-11,19H,1-2,6-7H2. The van der Waals surface area contributed by atoms with E-state index in [2.05, 4.69) is 15.9 Å². The Morgan fingerprint density at radius 2 is 1.73 bits per heavy atom. The molecule has 0 unspecified atom stereocenters. The van der Waals surface area contributed by atoms with Crippen LogP contribution in [0.5, 0.6) is 5.75 Å². The molecule has 0 amide bonds. The van der Waals surface area contributed by atoms with Crippen molar-refractivity contribution in [3.05, 3.63) is 46.9 Å². The summed E-state index contributed by atoms with van der Waals surface area (Å²) in [6.07, 6.45) is 1.83. The summed E-state index contributed by atoms with van der Waals surface area (Å²) in [6, 6.07) is 11.9. The number of hydrogen-bond donors (Lipinski definition) is 1. The highest BCUT2D eigenvalue weighted by Crippen LogP contribution is 2.30. The predicted octanol–water partition coefficient (Wildman–Crippen LogP) is 3.61. The molecule has 4 nitrogen and oxygen atoms in total. The number of benzene rings is 2. The lowest BCUT2D eigenvalue weighted by atomic mass is 10.1. The zero-order valence-corrected chi connectivity index (χ0v) is 14.3. The third-order valence-corrected chi connectivity index (χ3v) is 6.11. The van der Waals surface area contributed by atoms with E-state index >= 15 is 0 Å². The first-order valence-electron chi connectivity index (χ1n) is 7.07. The van der Waals surface area contributed by atoms with Crippen molar-refractivity contribution in [3.8, 4) is 16.9 Å². The lowest BCUT2D eigenvalue weighted by molar-refractivity contribution is 0.475. The molecule has 0 spiro atoms. The molecule has 0 bridgehead atoms. The fraction of sp³-hybridized carbons (Fsp3) is 0.250. The van der Waals surface area contributed by atoms with Crippen LogP contribution in [0.2, 0.25) is 0 Å². The fourth-order valence-electron chi connectivity index (χ4n) is 2.65. The Kier molecular flexibility index (Phi) is 4.25. The van der Waals surface area contributed by atoms with Gasteiger partial charge in [-0.3, -0.25) is 0 Å². The van der Waals surface area contributed by atoms with Crippen LogP contribution in [0.15, 0.2) is 51.8 Å². The molecule has 1 heterocycles. The first kappa shape index (κ1) is 15.5. The van der Waals surface area contributed by atoms with Gasteiger partial charge in [0.25, 0.3) is 0 Å². The highest BCUT2D eigenvalue weighted by atomic mass is 79.9. The van der Waals surface area contributed by atoms with E-state index in [0.29, 0.717) is 18.0 Å². The quantitative estimate of drug-likeness (QED) is 0.883. The normalized spacial score (nSPS) is 16.0. The molecule has 2 aromatic rings. The molecule has 0 aliphatic carbocycles. The molecule has 1 aliphatic heterocycles. The average Bonchev–Trinajstić information content (AvgIpc) is 3.01. The molecule has 6 heteroatoms. The van der Waals surface area contributed by atoms with Gasteiger partial charge in [-0.25, -0.2) is 8.42 Å². The van der Waals surface area contributed by atoms with Crippen molar-refractivity contribution in [2.75, 3.05) is 13.1 Å². The summed E-state index contributed by atoms with van der Waals surface area (Å²) in [5.41, 5.74) is 1.53.